The molecule has 0 aliphatic rings. The van der Waals surface area contributed by atoms with Crippen LogP contribution in [-0.2, 0) is 22.0 Å². The number of rotatable bonds is 15. The van der Waals surface area contributed by atoms with Crippen LogP contribution in [0.4, 0.5) is 0 Å². The average Bonchev–Trinajstić information content (AvgIpc) is 2.69. The maximum atomic E-state index is 13.3. The number of benzene rings is 2. The number of hydrogen-bond donors (Lipinski definition) is 0. The van der Waals surface area contributed by atoms with E-state index < -0.39 is 33.1 Å². The van der Waals surface area contributed by atoms with E-state index in [0.717, 1.165) is 0 Å². The first-order valence-electron chi connectivity index (χ1n) is 11.0. The quantitative estimate of drug-likeness (QED) is 0.131. The van der Waals surface area contributed by atoms with Gasteiger partial charge >= 0.3 is 16.4 Å². The predicted octanol–water partition coefficient (Wildman–Crippen LogP) is 8.00. The van der Waals surface area contributed by atoms with Crippen LogP contribution in [-0.4, -0.2) is 29.8 Å². The molecule has 2 rings (SSSR count). The highest BCUT2D eigenvalue weighted by Gasteiger charge is 2.31. The van der Waals surface area contributed by atoms with Gasteiger partial charge in [-0.05, 0) is 76.4 Å². The molecule has 0 spiro atoms. The van der Waals surface area contributed by atoms with Gasteiger partial charge in [0.1, 0.15) is 11.5 Å². The number of unbranched alkanes of at least 4 members (excludes halogenated alkanes) is 1. The SMILES string of the molecule is C[Si](C)(C)OP(OCCCCOP(=O)(Oc1ccccc1)Oc1ccccc1)O[Si](C)(C)C. The first kappa shape index (κ1) is 28.2. The topological polar surface area (TPSA) is 72.5 Å². The Hall–Kier alpha value is -1.03. The molecule has 0 bridgehead atoms. The summed E-state index contributed by atoms with van der Waals surface area (Å²) < 4.78 is 48.2. The van der Waals surface area contributed by atoms with Crippen LogP contribution in [0.3, 0.4) is 0 Å². The summed E-state index contributed by atoms with van der Waals surface area (Å²) in [7, 11) is -8.81. The van der Waals surface area contributed by atoms with Gasteiger partial charge in [0.05, 0.1) is 13.2 Å². The molecular formula is C22H36O7P2Si2. The van der Waals surface area contributed by atoms with Crippen molar-refractivity contribution >= 4 is 33.1 Å². The highest BCUT2D eigenvalue weighted by Crippen LogP contribution is 2.50. The van der Waals surface area contributed by atoms with Gasteiger partial charge in [-0.3, -0.25) is 4.52 Å². The lowest BCUT2D eigenvalue weighted by molar-refractivity contribution is 0.195. The van der Waals surface area contributed by atoms with Gasteiger partial charge < -0.3 is 22.0 Å². The summed E-state index contributed by atoms with van der Waals surface area (Å²) in [5.41, 5.74) is 0. The molecule has 0 saturated heterocycles. The maximum Gasteiger partial charge on any atom is 0.587 e. The Kier molecular flexibility index (Phi) is 11.3. The van der Waals surface area contributed by atoms with Crippen LogP contribution in [0.1, 0.15) is 12.8 Å². The van der Waals surface area contributed by atoms with Crippen LogP contribution in [0.25, 0.3) is 0 Å². The molecule has 0 fully saturated rings. The summed E-state index contributed by atoms with van der Waals surface area (Å²) in [5, 5.41) is 0. The van der Waals surface area contributed by atoms with Gasteiger partial charge in [0.2, 0.25) is 0 Å². The third kappa shape index (κ3) is 12.9. The van der Waals surface area contributed by atoms with E-state index in [9.17, 15) is 4.57 Å². The van der Waals surface area contributed by atoms with Crippen LogP contribution in [0.5, 0.6) is 11.5 Å². The van der Waals surface area contributed by atoms with E-state index in [4.69, 9.17) is 26.5 Å². The minimum atomic E-state index is -3.86. The highest BCUT2D eigenvalue weighted by atomic mass is 31.2. The molecule has 2 aromatic carbocycles. The van der Waals surface area contributed by atoms with Crippen molar-refractivity contribution in [3.8, 4) is 11.5 Å². The van der Waals surface area contributed by atoms with E-state index in [0.29, 0.717) is 30.9 Å². The first-order valence-corrected chi connectivity index (χ1v) is 20.4. The van der Waals surface area contributed by atoms with E-state index in [1.54, 1.807) is 48.5 Å². The van der Waals surface area contributed by atoms with Crippen LogP contribution < -0.4 is 9.05 Å². The zero-order chi connectivity index (χ0) is 24.4. The Labute approximate surface area is 201 Å². The van der Waals surface area contributed by atoms with Crippen molar-refractivity contribution in [1.29, 1.82) is 0 Å². The lowest BCUT2D eigenvalue weighted by atomic mass is 10.3. The predicted molar refractivity (Wildman–Crippen MR) is 139 cm³/mol. The van der Waals surface area contributed by atoms with Gasteiger partial charge in [-0.1, -0.05) is 36.4 Å². The molecule has 33 heavy (non-hydrogen) atoms. The molecule has 7 nitrogen and oxygen atoms in total. The molecule has 11 heteroatoms. The molecule has 0 saturated carbocycles. The number of phosphoric acid groups is 1. The number of phosphoric ester groups is 1. The van der Waals surface area contributed by atoms with Gasteiger partial charge in [0, 0.05) is 0 Å². The fourth-order valence-electron chi connectivity index (χ4n) is 2.33. The van der Waals surface area contributed by atoms with Gasteiger partial charge in [0.25, 0.3) is 0 Å². The lowest BCUT2D eigenvalue weighted by Crippen LogP contribution is -2.28. The van der Waals surface area contributed by atoms with E-state index in [-0.39, 0.29) is 6.61 Å². The second kappa shape index (κ2) is 13.2. The zero-order valence-corrected chi connectivity index (χ0v) is 24.1. The minimum absolute atomic E-state index is 0.196. The summed E-state index contributed by atoms with van der Waals surface area (Å²) in [4.78, 5) is 0. The summed E-state index contributed by atoms with van der Waals surface area (Å²) in [6.45, 7) is 13.4. The standard InChI is InChI=1S/C22H36O7P2Si2/c1-32(2,3)28-30(29-33(4,5)6)24-19-13-14-20-25-31(23,26-21-15-9-7-10-16-21)27-22-17-11-8-12-18-22/h7-12,15-18H,13-14,19-20H2,1-6H3. The van der Waals surface area contributed by atoms with E-state index in [1.165, 1.54) is 0 Å². The lowest BCUT2D eigenvalue weighted by Gasteiger charge is -2.29. The van der Waals surface area contributed by atoms with Crippen molar-refractivity contribution < 1.29 is 31.1 Å². The molecule has 0 heterocycles. The zero-order valence-electron chi connectivity index (χ0n) is 20.4. The molecule has 0 atom stereocenters. The summed E-state index contributed by atoms with van der Waals surface area (Å²) >= 11 is 0. The third-order valence-electron chi connectivity index (χ3n) is 3.60. The van der Waals surface area contributed by atoms with Crippen LogP contribution in [0.15, 0.2) is 60.7 Å². The van der Waals surface area contributed by atoms with Crippen molar-refractivity contribution in [2.75, 3.05) is 13.2 Å². The molecular weight excluding hydrogens is 494 g/mol. The van der Waals surface area contributed by atoms with Crippen molar-refractivity contribution in [2.24, 2.45) is 0 Å². The minimum Gasteiger partial charge on any atom is -0.395 e. The molecule has 0 amide bonds. The Morgan fingerprint density at radius 1 is 0.697 bits per heavy atom. The molecule has 0 aliphatic carbocycles. The highest BCUT2D eigenvalue weighted by molar-refractivity contribution is 7.49. The summed E-state index contributed by atoms with van der Waals surface area (Å²) in [6.07, 6.45) is 1.31. The van der Waals surface area contributed by atoms with Gasteiger partial charge in [-0.15, -0.1) is 0 Å². The van der Waals surface area contributed by atoms with Crippen LogP contribution >= 0.6 is 16.4 Å². The second-order valence-corrected chi connectivity index (χ2v) is 21.4. The van der Waals surface area contributed by atoms with Gasteiger partial charge in [-0.2, -0.15) is 0 Å². The first-order chi connectivity index (χ1) is 15.4. The van der Waals surface area contributed by atoms with E-state index in [2.05, 4.69) is 39.3 Å². The summed E-state index contributed by atoms with van der Waals surface area (Å²) in [5.74, 6) is 0.829. The van der Waals surface area contributed by atoms with Crippen molar-refractivity contribution in [3.63, 3.8) is 0 Å². The normalized spacial score (nSPS) is 12.7. The fraction of sp³-hybridized carbons (Fsp3) is 0.455. The maximum absolute atomic E-state index is 13.3. The molecule has 2 aromatic rings. The van der Waals surface area contributed by atoms with Crippen molar-refractivity contribution in [1.82, 2.24) is 0 Å². The molecule has 0 unspecified atom stereocenters. The number of para-hydroxylation sites is 2. The Bertz CT molecular complexity index is 797. The smallest absolute Gasteiger partial charge is 0.395 e. The van der Waals surface area contributed by atoms with E-state index >= 15 is 0 Å². The van der Waals surface area contributed by atoms with Crippen LogP contribution in [0, 0.1) is 0 Å². The summed E-state index contributed by atoms with van der Waals surface area (Å²) in [6, 6.07) is 17.7. The van der Waals surface area contributed by atoms with Gasteiger partial charge in [-0.25, -0.2) is 4.57 Å². The van der Waals surface area contributed by atoms with Gasteiger partial charge in [0.15, 0.2) is 16.6 Å². The monoisotopic (exact) mass is 530 g/mol. The van der Waals surface area contributed by atoms with E-state index in [1.807, 2.05) is 12.1 Å². The molecule has 0 N–H and O–H groups in total. The Morgan fingerprint density at radius 3 is 1.55 bits per heavy atom. The molecule has 0 aliphatic heterocycles. The largest absolute Gasteiger partial charge is 0.587 e. The second-order valence-electron chi connectivity index (χ2n) is 9.26. The fourth-order valence-corrected chi connectivity index (χ4v) is 8.35. The average molecular weight is 531 g/mol. The third-order valence-corrected chi connectivity index (χ3v) is 10.9. The van der Waals surface area contributed by atoms with Crippen molar-refractivity contribution in [3.05, 3.63) is 60.7 Å². The molecule has 184 valence electrons. The Balaban J connectivity index is 1.86. The number of hydrogen-bond acceptors (Lipinski definition) is 7. The molecule has 0 radical (unpaired) electrons. The molecule has 0 aromatic heterocycles. The van der Waals surface area contributed by atoms with Crippen LogP contribution in [0.2, 0.25) is 39.3 Å². The Morgan fingerprint density at radius 2 is 1.12 bits per heavy atom. The van der Waals surface area contributed by atoms with Crippen molar-refractivity contribution in [2.45, 2.75) is 52.1 Å².